The maximum absolute atomic E-state index is 13.5. The third kappa shape index (κ3) is 5.08. The Morgan fingerprint density at radius 2 is 1.92 bits per heavy atom. The van der Waals surface area contributed by atoms with Gasteiger partial charge in [-0.05, 0) is 62.0 Å². The fraction of sp³-hybridized carbons (Fsp3) is 0.621. The molecule has 0 spiro atoms. The maximum Gasteiger partial charge on any atom is 0.264 e. The molecule has 3 N–H and O–H groups in total. The summed E-state index contributed by atoms with van der Waals surface area (Å²) in [5.41, 5.74) is -0.0929. The molecule has 1 saturated heterocycles. The minimum Gasteiger partial charge on any atom is -0.484 e. The number of carbonyl (C=O) groups excluding carboxylic acids is 2. The summed E-state index contributed by atoms with van der Waals surface area (Å²) in [6.45, 7) is 5.53. The summed E-state index contributed by atoms with van der Waals surface area (Å²) < 4.78 is 5.59. The first-order valence-corrected chi connectivity index (χ1v) is 14.6. The van der Waals surface area contributed by atoms with Gasteiger partial charge in [-0.3, -0.25) is 14.9 Å². The Morgan fingerprint density at radius 1 is 1.18 bits per heavy atom. The Kier molecular flexibility index (Phi) is 7.80. The summed E-state index contributed by atoms with van der Waals surface area (Å²) >= 11 is 1.43. The van der Waals surface area contributed by atoms with Crippen molar-refractivity contribution in [1.82, 2.24) is 9.88 Å². The number of aliphatic hydroxyl groups is 2. The number of aliphatic hydroxyl groups excluding tert-OH is 2. The second kappa shape index (κ2) is 10.9. The van der Waals surface area contributed by atoms with Crippen LogP contribution in [0.4, 0.5) is 5.13 Å². The molecule has 2 aromatic rings. The molecule has 206 valence electrons. The summed E-state index contributed by atoms with van der Waals surface area (Å²) in [6.07, 6.45) is 4.98. The van der Waals surface area contributed by atoms with E-state index in [-0.39, 0.29) is 42.3 Å². The van der Waals surface area contributed by atoms with Gasteiger partial charge in [0.1, 0.15) is 5.75 Å². The Hall–Kier alpha value is -2.49. The van der Waals surface area contributed by atoms with E-state index < -0.39 is 11.5 Å². The number of hydrogen-bond acceptors (Lipinski definition) is 7. The molecule has 1 saturated carbocycles. The van der Waals surface area contributed by atoms with E-state index in [4.69, 9.17) is 9.72 Å². The van der Waals surface area contributed by atoms with Crippen LogP contribution in [0, 0.1) is 16.7 Å². The predicted octanol–water partition coefficient (Wildman–Crippen LogP) is 3.98. The number of para-hydroxylation sites is 1. The standard InChI is InChI=1S/C29H39N3O5S/c1-28-12-11-23(34)29(2,18-33)22(28)16-21-26(20(28)15-25(36)32-13-7-4-8-14-32)31-27(38-21)30-24(35)17-37-19-9-5-3-6-10-19/h3,5-6,9-10,20,22-23,33-34H,4,7-8,11-18H2,1-2H3,(H,30,31,35). The molecule has 0 bridgehead atoms. The first-order chi connectivity index (χ1) is 18.2. The molecule has 2 heterocycles. The van der Waals surface area contributed by atoms with Gasteiger partial charge >= 0.3 is 0 Å². The van der Waals surface area contributed by atoms with Crippen LogP contribution in [-0.2, 0) is 16.0 Å². The molecule has 8 nitrogen and oxygen atoms in total. The topological polar surface area (TPSA) is 112 Å². The Morgan fingerprint density at radius 3 is 2.63 bits per heavy atom. The molecule has 2 fully saturated rings. The molecule has 38 heavy (non-hydrogen) atoms. The summed E-state index contributed by atoms with van der Waals surface area (Å²) in [6, 6.07) is 9.19. The zero-order valence-electron chi connectivity index (χ0n) is 22.3. The predicted molar refractivity (Wildman–Crippen MR) is 146 cm³/mol. The molecular weight excluding hydrogens is 502 g/mol. The van der Waals surface area contributed by atoms with Crippen LogP contribution in [0.15, 0.2) is 30.3 Å². The number of nitrogens with one attached hydrogen (secondary N) is 1. The summed E-state index contributed by atoms with van der Waals surface area (Å²) in [7, 11) is 0. The van der Waals surface area contributed by atoms with Crippen LogP contribution in [-0.4, -0.2) is 64.3 Å². The smallest absolute Gasteiger partial charge is 0.264 e. The van der Waals surface area contributed by atoms with Crippen molar-refractivity contribution in [2.24, 2.45) is 16.7 Å². The summed E-state index contributed by atoms with van der Waals surface area (Å²) in [4.78, 5) is 34.1. The van der Waals surface area contributed by atoms with E-state index in [2.05, 4.69) is 12.2 Å². The van der Waals surface area contributed by atoms with E-state index in [1.165, 1.54) is 11.3 Å². The second-order valence-corrected chi connectivity index (χ2v) is 12.7. The monoisotopic (exact) mass is 541 g/mol. The van der Waals surface area contributed by atoms with Crippen molar-refractivity contribution in [3.63, 3.8) is 0 Å². The highest BCUT2D eigenvalue weighted by Gasteiger charge is 2.59. The van der Waals surface area contributed by atoms with Crippen molar-refractivity contribution in [2.75, 3.05) is 31.6 Å². The molecule has 1 aromatic carbocycles. The van der Waals surface area contributed by atoms with Crippen molar-refractivity contribution in [3.8, 4) is 5.75 Å². The van der Waals surface area contributed by atoms with Gasteiger partial charge in [-0.2, -0.15) is 0 Å². The van der Waals surface area contributed by atoms with Crippen LogP contribution in [0.3, 0.4) is 0 Å². The average molecular weight is 542 g/mol. The Bertz CT molecular complexity index is 1150. The number of aromatic nitrogens is 1. The first kappa shape index (κ1) is 27.1. The Balaban J connectivity index is 1.41. The number of fused-ring (bicyclic) bond motifs is 2. The molecular formula is C29H39N3O5S. The SMILES string of the molecule is CC1(CO)C(O)CCC2(C)C(CC(=O)N3CCCCC3)c3nc(NC(=O)COc4ccccc4)sc3CC12. The van der Waals surface area contributed by atoms with Crippen LogP contribution in [0.25, 0.3) is 0 Å². The number of piperidine rings is 1. The number of thiazole rings is 1. The lowest BCUT2D eigenvalue weighted by Gasteiger charge is -2.58. The summed E-state index contributed by atoms with van der Waals surface area (Å²) in [5, 5.41) is 24.8. The number of nitrogens with zero attached hydrogens (tertiary/aromatic N) is 2. The maximum atomic E-state index is 13.5. The molecule has 5 atom stereocenters. The third-order valence-corrected chi connectivity index (χ3v) is 10.3. The summed E-state index contributed by atoms with van der Waals surface area (Å²) in [5.74, 6) is 0.317. The fourth-order valence-corrected chi connectivity index (χ4v) is 8.05. The molecule has 1 aliphatic heterocycles. The molecule has 5 rings (SSSR count). The zero-order chi connectivity index (χ0) is 26.9. The number of ether oxygens (including phenoxy) is 1. The largest absolute Gasteiger partial charge is 0.484 e. The van der Waals surface area contributed by atoms with Crippen LogP contribution in [0.5, 0.6) is 5.75 Å². The van der Waals surface area contributed by atoms with Gasteiger partial charge in [0.2, 0.25) is 5.91 Å². The van der Waals surface area contributed by atoms with Gasteiger partial charge < -0.3 is 19.8 Å². The second-order valence-electron chi connectivity index (χ2n) is 11.7. The molecule has 0 radical (unpaired) electrons. The van der Waals surface area contributed by atoms with Crippen molar-refractivity contribution >= 4 is 28.3 Å². The van der Waals surface area contributed by atoms with E-state index in [0.29, 0.717) is 30.1 Å². The number of likely N-dealkylation sites (tertiary alicyclic amines) is 1. The quantitative estimate of drug-likeness (QED) is 0.489. The highest BCUT2D eigenvalue weighted by Crippen LogP contribution is 2.63. The Labute approximate surface area is 228 Å². The van der Waals surface area contributed by atoms with Gasteiger partial charge in [-0.25, -0.2) is 4.98 Å². The van der Waals surface area contributed by atoms with Gasteiger partial charge in [0, 0.05) is 35.7 Å². The first-order valence-electron chi connectivity index (χ1n) is 13.8. The van der Waals surface area contributed by atoms with Crippen molar-refractivity contribution in [1.29, 1.82) is 0 Å². The third-order valence-electron chi connectivity index (χ3n) is 9.34. The van der Waals surface area contributed by atoms with Crippen molar-refractivity contribution in [3.05, 3.63) is 40.9 Å². The lowest BCUT2D eigenvalue weighted by Crippen LogP contribution is -2.57. The van der Waals surface area contributed by atoms with E-state index in [9.17, 15) is 19.8 Å². The van der Waals surface area contributed by atoms with Gasteiger partial charge in [-0.1, -0.05) is 32.0 Å². The van der Waals surface area contributed by atoms with Gasteiger partial charge in [0.25, 0.3) is 5.91 Å². The minimum absolute atomic E-state index is 0.0131. The van der Waals surface area contributed by atoms with Gasteiger partial charge in [0.15, 0.2) is 11.7 Å². The fourth-order valence-electron chi connectivity index (χ4n) is 6.97. The van der Waals surface area contributed by atoms with Crippen molar-refractivity contribution in [2.45, 2.75) is 70.8 Å². The van der Waals surface area contributed by atoms with E-state index in [0.717, 1.165) is 49.3 Å². The van der Waals surface area contributed by atoms with E-state index in [1.54, 1.807) is 12.1 Å². The van der Waals surface area contributed by atoms with Crippen LogP contribution in [0.2, 0.25) is 0 Å². The minimum atomic E-state index is -0.673. The highest BCUT2D eigenvalue weighted by atomic mass is 32.1. The molecule has 2 aliphatic carbocycles. The number of carbonyl (C=O) groups is 2. The zero-order valence-corrected chi connectivity index (χ0v) is 23.1. The number of rotatable bonds is 7. The van der Waals surface area contributed by atoms with Gasteiger partial charge in [-0.15, -0.1) is 11.3 Å². The number of anilines is 1. The molecule has 2 amide bonds. The van der Waals surface area contributed by atoms with E-state index >= 15 is 0 Å². The van der Waals surface area contributed by atoms with Crippen molar-refractivity contribution < 1.29 is 24.5 Å². The molecule has 9 heteroatoms. The number of amides is 2. The molecule has 5 unspecified atom stereocenters. The normalized spacial score (nSPS) is 30.7. The number of hydrogen-bond donors (Lipinski definition) is 3. The van der Waals surface area contributed by atoms with Crippen LogP contribution in [0.1, 0.15) is 68.9 Å². The molecule has 3 aliphatic rings. The lowest BCUT2D eigenvalue weighted by atomic mass is 9.47. The number of benzene rings is 1. The van der Waals surface area contributed by atoms with Gasteiger partial charge in [0.05, 0.1) is 18.4 Å². The highest BCUT2D eigenvalue weighted by molar-refractivity contribution is 7.15. The molecule has 1 aromatic heterocycles. The van der Waals surface area contributed by atoms with E-state index in [1.807, 2.05) is 30.0 Å². The van der Waals surface area contributed by atoms with Crippen LogP contribution < -0.4 is 10.1 Å². The lowest BCUT2D eigenvalue weighted by molar-refractivity contribution is -0.147. The van der Waals surface area contributed by atoms with Crippen LogP contribution >= 0.6 is 11.3 Å². The average Bonchev–Trinajstić information content (AvgIpc) is 3.33.